The van der Waals surface area contributed by atoms with E-state index in [0.717, 1.165) is 6.42 Å². The number of aromatic nitrogens is 1. The summed E-state index contributed by atoms with van der Waals surface area (Å²) in [4.78, 5) is 62.4. The summed E-state index contributed by atoms with van der Waals surface area (Å²) in [5.74, 6) is -2.85. The Hall–Kier alpha value is -4.05. The molecular weight excluding hydrogens is 796 g/mol. The smallest absolute Gasteiger partial charge is 0.407 e. The number of halogens is 3. The van der Waals surface area contributed by atoms with Crippen molar-refractivity contribution in [2.75, 3.05) is 13.2 Å². The summed E-state index contributed by atoms with van der Waals surface area (Å²) in [7, 11) is -4.07. The van der Waals surface area contributed by atoms with Crippen molar-refractivity contribution in [3.05, 3.63) is 46.6 Å². The van der Waals surface area contributed by atoms with E-state index < -0.39 is 79.8 Å². The Kier molecular flexibility index (Phi) is 11.3. The van der Waals surface area contributed by atoms with Crippen LogP contribution in [0.4, 0.5) is 13.6 Å². The summed E-state index contributed by atoms with van der Waals surface area (Å²) in [5, 5.41) is 6.56. The van der Waals surface area contributed by atoms with Crippen molar-refractivity contribution in [1.82, 2.24) is 25.2 Å². The van der Waals surface area contributed by atoms with Gasteiger partial charge in [0.2, 0.25) is 21.8 Å². The van der Waals surface area contributed by atoms with Crippen LogP contribution in [-0.4, -0.2) is 83.2 Å². The van der Waals surface area contributed by atoms with Gasteiger partial charge in [0, 0.05) is 28.3 Å². The van der Waals surface area contributed by atoms with Crippen molar-refractivity contribution in [2.24, 2.45) is 11.3 Å². The highest BCUT2D eigenvalue weighted by Crippen LogP contribution is 2.48. The number of rotatable bonds is 6. The number of alkyl halides is 2. The second-order valence-corrected chi connectivity index (χ2v) is 20.8. The molecule has 2 aromatic rings. The summed E-state index contributed by atoms with van der Waals surface area (Å²) in [6, 6.07) is 2.36. The minimum absolute atomic E-state index is 0.0811. The first-order chi connectivity index (χ1) is 27.3. The van der Waals surface area contributed by atoms with Gasteiger partial charge in [-0.1, -0.05) is 57.4 Å². The number of carbonyl (C=O) groups is 4. The fourth-order valence-electron chi connectivity index (χ4n) is 8.51. The maximum atomic E-state index is 14.8. The normalized spacial score (nSPS) is 28.6. The van der Waals surface area contributed by atoms with Crippen LogP contribution in [0.1, 0.15) is 116 Å². The number of hydrogen-bond acceptors (Lipinski definition) is 9. The molecule has 7 rings (SSSR count). The molecule has 5 atom stereocenters. The molecule has 1 spiro atoms. The second-order valence-electron chi connectivity index (χ2n) is 18.1. The van der Waals surface area contributed by atoms with Crippen molar-refractivity contribution in [2.45, 2.75) is 139 Å². The molecule has 4 amide bonds. The van der Waals surface area contributed by atoms with E-state index in [1.165, 1.54) is 4.90 Å². The van der Waals surface area contributed by atoms with Crippen LogP contribution in [0.3, 0.4) is 0 Å². The molecule has 0 bridgehead atoms. The molecule has 0 radical (unpaired) electrons. The molecule has 1 aromatic carbocycles. The highest BCUT2D eigenvalue weighted by molar-refractivity contribution is 7.91. The van der Waals surface area contributed by atoms with E-state index >= 15 is 0 Å². The Balaban J connectivity index is 1.26. The van der Waals surface area contributed by atoms with Crippen LogP contribution in [0.15, 0.2) is 30.4 Å². The van der Waals surface area contributed by atoms with Gasteiger partial charge < -0.3 is 25.0 Å². The summed E-state index contributed by atoms with van der Waals surface area (Å²) in [5.41, 5.74) is -3.10. The molecule has 3 fully saturated rings. The van der Waals surface area contributed by atoms with E-state index in [9.17, 15) is 36.4 Å². The van der Waals surface area contributed by atoms with Crippen molar-refractivity contribution in [3.8, 4) is 5.75 Å². The van der Waals surface area contributed by atoms with Crippen LogP contribution in [-0.2, 0) is 35.6 Å². The minimum atomic E-state index is -4.07. The first kappa shape index (κ1) is 42.1. The Morgan fingerprint density at radius 3 is 2.55 bits per heavy atom. The number of aryl methyl sites for hydroxylation is 1. The van der Waals surface area contributed by atoms with Gasteiger partial charge >= 0.3 is 6.09 Å². The number of benzene rings is 1. The third kappa shape index (κ3) is 8.24. The zero-order valence-electron chi connectivity index (χ0n) is 33.3. The van der Waals surface area contributed by atoms with Crippen molar-refractivity contribution >= 4 is 56.3 Å². The van der Waals surface area contributed by atoms with Crippen molar-refractivity contribution in [1.29, 1.82) is 0 Å². The molecule has 3 aliphatic heterocycles. The lowest BCUT2D eigenvalue weighted by Crippen LogP contribution is -2.70. The van der Waals surface area contributed by atoms with Crippen LogP contribution in [0.5, 0.6) is 5.75 Å². The van der Waals surface area contributed by atoms with Crippen LogP contribution in [0.2, 0.25) is 5.02 Å². The number of sulfonamides is 1. The van der Waals surface area contributed by atoms with Gasteiger partial charge in [0.05, 0.1) is 23.4 Å². The first-order valence-corrected chi connectivity index (χ1v) is 22.0. The van der Waals surface area contributed by atoms with E-state index in [4.69, 9.17) is 21.1 Å². The summed E-state index contributed by atoms with van der Waals surface area (Å²) >= 11 is 6.31. The average molecular weight is 848 g/mol. The molecule has 2 aliphatic carbocycles. The SMILES string of the molecule is CC(C)(C)COC(=O)NC1CCCCCC=CC2CCC2(C(=O)NS(=O)(=O)C2(C)CC2)NC(=O)C2CC3(CCc4c(c(C(F)F)nc5ccc(Cl)cc45)O3)CN2C1=O. The molecule has 58 heavy (non-hydrogen) atoms. The Morgan fingerprint density at radius 2 is 1.88 bits per heavy atom. The highest BCUT2D eigenvalue weighted by atomic mass is 35.5. The lowest BCUT2D eigenvalue weighted by atomic mass is 9.65. The van der Waals surface area contributed by atoms with Gasteiger partial charge in [0.15, 0.2) is 5.75 Å². The molecule has 2 saturated carbocycles. The highest BCUT2D eigenvalue weighted by Gasteiger charge is 2.60. The van der Waals surface area contributed by atoms with Gasteiger partial charge in [0.1, 0.15) is 28.9 Å². The molecule has 5 aliphatic rings. The van der Waals surface area contributed by atoms with Gasteiger partial charge in [-0.3, -0.25) is 19.1 Å². The monoisotopic (exact) mass is 847 g/mol. The Bertz CT molecular complexity index is 2140. The number of fused-ring (bicyclic) bond motifs is 5. The number of allylic oxidation sites excluding steroid dienone is 1. The summed E-state index contributed by atoms with van der Waals surface area (Å²) in [6.45, 7) is 7.13. The zero-order chi connectivity index (χ0) is 41.8. The predicted molar refractivity (Wildman–Crippen MR) is 212 cm³/mol. The Morgan fingerprint density at radius 1 is 1.12 bits per heavy atom. The number of nitrogens with zero attached hydrogens (tertiary/aromatic N) is 2. The number of carbonyl (C=O) groups excluding carboxylic acids is 4. The third-order valence-corrected chi connectivity index (χ3v) is 14.8. The molecule has 316 valence electrons. The minimum Gasteiger partial charge on any atom is -0.483 e. The topological polar surface area (TPSA) is 173 Å². The maximum Gasteiger partial charge on any atom is 0.407 e. The molecule has 1 aromatic heterocycles. The second kappa shape index (κ2) is 15.5. The zero-order valence-corrected chi connectivity index (χ0v) is 34.9. The fourth-order valence-corrected chi connectivity index (χ4v) is 10.00. The van der Waals surface area contributed by atoms with Gasteiger partial charge in [-0.15, -0.1) is 0 Å². The molecule has 5 unspecified atom stereocenters. The van der Waals surface area contributed by atoms with Crippen molar-refractivity contribution < 1.29 is 45.9 Å². The number of alkyl carbamates (subject to hydrolysis) is 1. The van der Waals surface area contributed by atoms with Crippen LogP contribution in [0, 0.1) is 11.3 Å². The van der Waals surface area contributed by atoms with Crippen LogP contribution < -0.4 is 20.1 Å². The summed E-state index contributed by atoms with van der Waals surface area (Å²) < 4.78 is 69.2. The molecule has 1 saturated heterocycles. The van der Waals surface area contributed by atoms with Crippen molar-refractivity contribution in [3.63, 3.8) is 0 Å². The Labute approximate surface area is 342 Å². The third-order valence-electron chi connectivity index (χ3n) is 12.4. The number of hydrogen-bond donors (Lipinski definition) is 3. The van der Waals surface area contributed by atoms with E-state index in [0.29, 0.717) is 60.0 Å². The maximum absolute atomic E-state index is 14.8. The van der Waals surface area contributed by atoms with Crippen LogP contribution in [0.25, 0.3) is 10.9 Å². The van der Waals surface area contributed by atoms with Gasteiger partial charge in [0.25, 0.3) is 12.3 Å². The molecular formula is C41H52ClF2N5O8S. The van der Waals surface area contributed by atoms with Gasteiger partial charge in [-0.25, -0.2) is 27.0 Å². The van der Waals surface area contributed by atoms with E-state index in [1.807, 2.05) is 32.9 Å². The molecule has 17 heteroatoms. The van der Waals surface area contributed by atoms with E-state index in [2.05, 4.69) is 20.3 Å². The van der Waals surface area contributed by atoms with E-state index in [-0.39, 0.29) is 56.4 Å². The lowest BCUT2D eigenvalue weighted by molar-refractivity contribution is -0.144. The first-order valence-electron chi connectivity index (χ1n) is 20.1. The quantitative estimate of drug-likeness (QED) is 0.278. The largest absolute Gasteiger partial charge is 0.483 e. The average Bonchev–Trinajstić information content (AvgIpc) is 3.81. The standard InChI is InChI=1S/C41H52ClF2N5O8S/c1-38(2,3)23-56-37(53)46-29-11-9-7-5-6-8-10-24-14-17-41(24,36(52)48-58(54,55)39(4)18-19-39)47-34(50)30-21-40(22-49(30)35(29)51)16-15-26-27-20-25(42)12-13-28(27)45-31(33(43)44)32(26)57-40/h8,10,12-13,20,24,29-30,33H,5-7,9,11,14-19,21-23H2,1-4H3,(H,46,53)(H,47,50)(H,48,52). The predicted octanol–water partition coefficient (Wildman–Crippen LogP) is 6.42. The number of ether oxygens (including phenoxy) is 2. The molecule has 13 nitrogen and oxygen atoms in total. The molecule has 3 N–H and O–H groups in total. The van der Waals surface area contributed by atoms with E-state index in [1.54, 1.807) is 25.1 Å². The van der Waals surface area contributed by atoms with Gasteiger partial charge in [-0.05, 0) is 88.3 Å². The molecule has 4 heterocycles. The van der Waals surface area contributed by atoms with Gasteiger partial charge in [-0.2, -0.15) is 0 Å². The van der Waals surface area contributed by atoms with Crippen LogP contribution >= 0.6 is 11.6 Å². The number of pyridine rings is 1. The number of amides is 4. The summed E-state index contributed by atoms with van der Waals surface area (Å²) in [6.07, 6.45) is 4.58. The number of nitrogens with one attached hydrogen (secondary N) is 3. The fraction of sp³-hybridized carbons (Fsp3) is 0.634. The lowest BCUT2D eigenvalue weighted by Gasteiger charge is -2.48.